The Hall–Kier alpha value is -2.47. The smallest absolute Gasteiger partial charge is 0.194 e. The molecule has 3 rings (SSSR count). The van der Waals surface area contributed by atoms with Crippen molar-refractivity contribution in [2.75, 3.05) is 25.1 Å². The molecule has 0 amide bonds. The van der Waals surface area contributed by atoms with Gasteiger partial charge in [-0.15, -0.1) is 0 Å². The van der Waals surface area contributed by atoms with Gasteiger partial charge in [0, 0.05) is 12.7 Å². The van der Waals surface area contributed by atoms with Crippen LogP contribution in [0.1, 0.15) is 5.56 Å². The molecule has 0 fully saturated rings. The SMILES string of the molecule is NC(=NCCc1cc(Cl)c2c(c1)OCCO2)Nc1ccccn1. The molecule has 0 bridgehead atoms. The number of hydrogen-bond acceptors (Lipinski definition) is 4. The number of aliphatic imine (C=N–C) groups is 1. The number of pyridine rings is 1. The first-order valence-corrected chi connectivity index (χ1v) is 7.66. The molecule has 1 aliphatic heterocycles. The highest BCUT2D eigenvalue weighted by Gasteiger charge is 2.16. The van der Waals surface area contributed by atoms with Crippen LogP contribution in [0, 0.1) is 0 Å². The molecule has 7 heteroatoms. The molecule has 0 spiro atoms. The van der Waals surface area contributed by atoms with Gasteiger partial charge in [-0.05, 0) is 36.2 Å². The monoisotopic (exact) mass is 332 g/mol. The highest BCUT2D eigenvalue weighted by Crippen LogP contribution is 2.38. The number of nitrogens with zero attached hydrogens (tertiary/aromatic N) is 2. The van der Waals surface area contributed by atoms with Crippen LogP contribution in [-0.2, 0) is 6.42 Å². The molecule has 6 nitrogen and oxygen atoms in total. The lowest BCUT2D eigenvalue weighted by molar-refractivity contribution is 0.171. The number of halogens is 1. The van der Waals surface area contributed by atoms with Crippen LogP contribution in [0.2, 0.25) is 5.02 Å². The van der Waals surface area contributed by atoms with Crippen molar-refractivity contribution in [2.24, 2.45) is 10.7 Å². The maximum absolute atomic E-state index is 6.21. The molecule has 1 aromatic heterocycles. The van der Waals surface area contributed by atoms with Gasteiger partial charge in [0.1, 0.15) is 19.0 Å². The molecule has 0 radical (unpaired) electrons. The number of hydrogen-bond donors (Lipinski definition) is 2. The largest absolute Gasteiger partial charge is 0.486 e. The summed E-state index contributed by atoms with van der Waals surface area (Å²) in [6.07, 6.45) is 2.38. The van der Waals surface area contributed by atoms with Crippen molar-refractivity contribution in [1.82, 2.24) is 4.98 Å². The maximum Gasteiger partial charge on any atom is 0.194 e. The van der Waals surface area contributed by atoms with E-state index in [1.165, 1.54) is 0 Å². The molecule has 2 aromatic rings. The first kappa shape index (κ1) is 15.4. The highest BCUT2D eigenvalue weighted by molar-refractivity contribution is 6.32. The number of benzene rings is 1. The second-order valence-corrected chi connectivity index (χ2v) is 5.37. The first-order chi connectivity index (χ1) is 11.2. The summed E-state index contributed by atoms with van der Waals surface area (Å²) in [6.45, 7) is 1.58. The van der Waals surface area contributed by atoms with E-state index in [9.17, 15) is 0 Å². The van der Waals surface area contributed by atoms with E-state index < -0.39 is 0 Å². The van der Waals surface area contributed by atoms with Crippen LogP contribution in [-0.4, -0.2) is 30.7 Å². The fourth-order valence-corrected chi connectivity index (χ4v) is 2.51. The molecular formula is C16H17ClN4O2. The Labute approximate surface area is 139 Å². The van der Waals surface area contributed by atoms with E-state index >= 15 is 0 Å². The molecule has 0 atom stereocenters. The van der Waals surface area contributed by atoms with Gasteiger partial charge in [0.25, 0.3) is 0 Å². The Bertz CT molecular complexity index is 707. The molecule has 1 aromatic carbocycles. The van der Waals surface area contributed by atoms with Gasteiger partial charge < -0.3 is 20.5 Å². The lowest BCUT2D eigenvalue weighted by atomic mass is 10.1. The average molecular weight is 333 g/mol. The van der Waals surface area contributed by atoms with E-state index in [0.717, 1.165) is 5.56 Å². The summed E-state index contributed by atoms with van der Waals surface area (Å²) < 4.78 is 11.1. The van der Waals surface area contributed by atoms with E-state index in [4.69, 9.17) is 26.8 Å². The molecule has 3 N–H and O–H groups in total. The summed E-state index contributed by atoms with van der Waals surface area (Å²) in [7, 11) is 0. The van der Waals surface area contributed by atoms with Crippen molar-refractivity contribution in [3.8, 4) is 11.5 Å². The summed E-state index contributed by atoms with van der Waals surface area (Å²) in [5.74, 6) is 2.28. The van der Waals surface area contributed by atoms with E-state index in [0.29, 0.717) is 54.5 Å². The molecular weight excluding hydrogens is 316 g/mol. The number of nitrogens with two attached hydrogens (primary N) is 1. The van der Waals surface area contributed by atoms with E-state index in [1.807, 2.05) is 30.3 Å². The zero-order valence-electron chi connectivity index (χ0n) is 12.5. The number of anilines is 1. The Morgan fingerprint density at radius 3 is 3.00 bits per heavy atom. The van der Waals surface area contributed by atoms with Crippen molar-refractivity contribution in [3.05, 3.63) is 47.1 Å². The normalized spacial score (nSPS) is 13.7. The maximum atomic E-state index is 6.21. The van der Waals surface area contributed by atoms with Crippen molar-refractivity contribution in [2.45, 2.75) is 6.42 Å². The predicted octanol–water partition coefficient (Wildman–Crippen LogP) is 2.48. The van der Waals surface area contributed by atoms with Crippen molar-refractivity contribution < 1.29 is 9.47 Å². The van der Waals surface area contributed by atoms with Gasteiger partial charge in [-0.1, -0.05) is 17.7 Å². The van der Waals surface area contributed by atoms with Gasteiger partial charge in [-0.25, -0.2) is 4.98 Å². The van der Waals surface area contributed by atoms with Crippen molar-refractivity contribution >= 4 is 23.4 Å². The van der Waals surface area contributed by atoms with Gasteiger partial charge in [-0.3, -0.25) is 4.99 Å². The zero-order valence-corrected chi connectivity index (χ0v) is 13.2. The molecule has 0 aliphatic carbocycles. The summed E-state index contributed by atoms with van der Waals surface area (Å²) in [6, 6.07) is 9.33. The summed E-state index contributed by atoms with van der Waals surface area (Å²) in [4.78, 5) is 8.41. The Balaban J connectivity index is 1.60. The molecule has 0 saturated heterocycles. The van der Waals surface area contributed by atoms with Crippen LogP contribution < -0.4 is 20.5 Å². The second kappa shape index (κ2) is 7.19. The van der Waals surface area contributed by atoms with E-state index in [-0.39, 0.29) is 0 Å². The standard InChI is InChI=1S/C16H17ClN4O2/c17-12-9-11(10-13-15(12)23-8-7-22-13)4-6-20-16(18)21-14-3-1-2-5-19-14/h1-3,5,9-10H,4,6-8H2,(H3,18,19,20,21). The Kier molecular flexibility index (Phi) is 4.83. The molecule has 2 heterocycles. The lowest BCUT2D eigenvalue weighted by Gasteiger charge is -2.20. The first-order valence-electron chi connectivity index (χ1n) is 7.28. The minimum absolute atomic E-state index is 0.326. The average Bonchev–Trinajstić information content (AvgIpc) is 2.56. The van der Waals surface area contributed by atoms with E-state index in [2.05, 4.69) is 15.3 Å². The third-order valence-corrected chi connectivity index (χ3v) is 3.54. The topological polar surface area (TPSA) is 81.8 Å². The number of fused-ring (bicyclic) bond motifs is 1. The Morgan fingerprint density at radius 2 is 2.17 bits per heavy atom. The van der Waals surface area contributed by atoms with E-state index in [1.54, 1.807) is 6.20 Å². The molecule has 120 valence electrons. The van der Waals surface area contributed by atoms with Crippen LogP contribution in [0.15, 0.2) is 41.5 Å². The minimum atomic E-state index is 0.326. The third kappa shape index (κ3) is 4.04. The molecule has 23 heavy (non-hydrogen) atoms. The van der Waals surface area contributed by atoms with Crippen molar-refractivity contribution in [1.29, 1.82) is 0 Å². The van der Waals surface area contributed by atoms with Crippen LogP contribution >= 0.6 is 11.6 Å². The van der Waals surface area contributed by atoms with Gasteiger partial charge >= 0.3 is 0 Å². The number of rotatable bonds is 4. The summed E-state index contributed by atoms with van der Waals surface area (Å²) in [5, 5.41) is 3.49. The Morgan fingerprint density at radius 1 is 1.30 bits per heavy atom. The molecule has 0 saturated carbocycles. The van der Waals surface area contributed by atoms with Crippen LogP contribution in [0.3, 0.4) is 0 Å². The number of guanidine groups is 1. The quantitative estimate of drug-likeness (QED) is 0.664. The molecule has 1 aliphatic rings. The fraction of sp³-hybridized carbons (Fsp3) is 0.250. The minimum Gasteiger partial charge on any atom is -0.486 e. The second-order valence-electron chi connectivity index (χ2n) is 4.96. The van der Waals surface area contributed by atoms with Gasteiger partial charge in [0.15, 0.2) is 17.5 Å². The third-order valence-electron chi connectivity index (χ3n) is 3.26. The van der Waals surface area contributed by atoms with Gasteiger partial charge in [-0.2, -0.15) is 0 Å². The highest BCUT2D eigenvalue weighted by atomic mass is 35.5. The number of nitrogens with one attached hydrogen (secondary N) is 1. The van der Waals surface area contributed by atoms with Gasteiger partial charge in [0.2, 0.25) is 0 Å². The zero-order chi connectivity index (χ0) is 16.1. The van der Waals surface area contributed by atoms with Crippen molar-refractivity contribution in [3.63, 3.8) is 0 Å². The summed E-state index contributed by atoms with van der Waals surface area (Å²) in [5.41, 5.74) is 6.86. The molecule has 0 unspecified atom stereocenters. The summed E-state index contributed by atoms with van der Waals surface area (Å²) >= 11 is 6.21. The fourth-order valence-electron chi connectivity index (χ4n) is 2.22. The van der Waals surface area contributed by atoms with Crippen LogP contribution in [0.25, 0.3) is 0 Å². The lowest BCUT2D eigenvalue weighted by Crippen LogP contribution is -2.23. The van der Waals surface area contributed by atoms with Crippen LogP contribution in [0.4, 0.5) is 5.82 Å². The van der Waals surface area contributed by atoms with Crippen LogP contribution in [0.5, 0.6) is 11.5 Å². The number of ether oxygens (including phenoxy) is 2. The van der Waals surface area contributed by atoms with Gasteiger partial charge in [0.05, 0.1) is 5.02 Å². The number of aromatic nitrogens is 1. The predicted molar refractivity (Wildman–Crippen MR) is 90.5 cm³/mol.